The number of thiazole rings is 1. The van der Waals surface area contributed by atoms with E-state index in [0.29, 0.717) is 0 Å². The van der Waals surface area contributed by atoms with E-state index in [1.54, 1.807) is 0 Å². The molecule has 0 saturated heterocycles. The second-order valence-corrected chi connectivity index (χ2v) is 6.56. The lowest BCUT2D eigenvalue weighted by atomic mass is 10.1. The molecule has 1 fully saturated rings. The number of carbonyl (C=O) groups is 1. The summed E-state index contributed by atoms with van der Waals surface area (Å²) in [5.41, 5.74) is 1.02. The third-order valence-corrected chi connectivity index (χ3v) is 5.31. The molecule has 1 amide bonds. The van der Waals surface area contributed by atoms with Crippen molar-refractivity contribution in [1.29, 1.82) is 0 Å². The number of amides is 1. The smallest absolute Gasteiger partial charge is 0.251 e. The molecule has 0 unspecified atom stereocenters. The van der Waals surface area contributed by atoms with Crippen molar-refractivity contribution in [2.45, 2.75) is 25.7 Å². The van der Waals surface area contributed by atoms with Crippen LogP contribution in [0.3, 0.4) is 0 Å². The van der Waals surface area contributed by atoms with E-state index in [2.05, 4.69) is 4.99 Å². The molecule has 1 saturated carbocycles. The number of hydrogen-bond donors (Lipinski definition) is 0. The summed E-state index contributed by atoms with van der Waals surface area (Å²) in [5.74, 6) is 1.66. The maximum atomic E-state index is 12.2. The van der Waals surface area contributed by atoms with Gasteiger partial charge >= 0.3 is 0 Å². The number of benzene rings is 1. The van der Waals surface area contributed by atoms with Gasteiger partial charge in [-0.25, -0.2) is 0 Å². The molecular formula is C15H16N2O3S. The maximum Gasteiger partial charge on any atom is 0.251 e. The first-order valence-electron chi connectivity index (χ1n) is 7.20. The Balaban J connectivity index is 1.79. The SMILES string of the molecule is Cn1c(=NC(=O)C2CCCC2)sc2cc3c(cc21)OCO3. The van der Waals surface area contributed by atoms with Gasteiger partial charge in [-0.2, -0.15) is 4.99 Å². The van der Waals surface area contributed by atoms with Gasteiger partial charge in [0, 0.05) is 25.1 Å². The van der Waals surface area contributed by atoms with Crippen LogP contribution in [0.5, 0.6) is 11.5 Å². The first kappa shape index (κ1) is 12.9. The van der Waals surface area contributed by atoms with Crippen LogP contribution in [0.15, 0.2) is 17.1 Å². The summed E-state index contributed by atoms with van der Waals surface area (Å²) >= 11 is 1.52. The fourth-order valence-corrected chi connectivity index (χ4v) is 4.02. The predicted octanol–water partition coefficient (Wildman–Crippen LogP) is 2.59. The molecule has 0 spiro atoms. The van der Waals surface area contributed by atoms with Crippen LogP contribution in [-0.2, 0) is 11.8 Å². The number of nitrogens with zero attached hydrogens (tertiary/aromatic N) is 2. The summed E-state index contributed by atoms with van der Waals surface area (Å²) in [4.78, 5) is 17.3. The molecule has 2 aliphatic rings. The van der Waals surface area contributed by atoms with Crippen molar-refractivity contribution in [1.82, 2.24) is 4.57 Å². The van der Waals surface area contributed by atoms with Crippen LogP contribution in [0.1, 0.15) is 25.7 Å². The Kier molecular flexibility index (Phi) is 2.99. The van der Waals surface area contributed by atoms with Gasteiger partial charge in [0.25, 0.3) is 5.91 Å². The summed E-state index contributed by atoms with van der Waals surface area (Å²) in [5, 5.41) is 0. The Hall–Kier alpha value is -1.82. The Bertz CT molecular complexity index is 784. The van der Waals surface area contributed by atoms with Crippen molar-refractivity contribution in [3.8, 4) is 11.5 Å². The number of fused-ring (bicyclic) bond motifs is 2. The summed E-state index contributed by atoms with van der Waals surface area (Å²) < 4.78 is 13.8. The number of hydrogen-bond acceptors (Lipinski definition) is 4. The molecule has 2 aromatic rings. The molecule has 21 heavy (non-hydrogen) atoms. The number of carbonyl (C=O) groups excluding carboxylic acids is 1. The van der Waals surface area contributed by atoms with Crippen molar-refractivity contribution in [3.63, 3.8) is 0 Å². The minimum absolute atomic E-state index is 0.0229. The van der Waals surface area contributed by atoms with E-state index in [0.717, 1.165) is 52.2 Å². The molecular weight excluding hydrogens is 288 g/mol. The normalized spacial score (nSPS) is 18.8. The standard InChI is InChI=1S/C15H16N2O3S/c1-17-10-6-11-12(20-8-19-11)7-13(10)21-15(17)16-14(18)9-4-2-3-5-9/h6-7,9H,2-5,8H2,1H3. The first-order valence-corrected chi connectivity index (χ1v) is 8.02. The number of rotatable bonds is 1. The van der Waals surface area contributed by atoms with Gasteiger partial charge in [-0.05, 0) is 12.8 Å². The third kappa shape index (κ3) is 2.14. The summed E-state index contributed by atoms with van der Waals surface area (Å²) in [6, 6.07) is 3.91. The molecule has 1 aromatic carbocycles. The van der Waals surface area contributed by atoms with E-state index in [1.807, 2.05) is 23.7 Å². The van der Waals surface area contributed by atoms with Crippen LogP contribution in [0.4, 0.5) is 0 Å². The van der Waals surface area contributed by atoms with Gasteiger partial charge in [0.2, 0.25) is 6.79 Å². The molecule has 0 atom stereocenters. The second kappa shape index (κ2) is 4.87. The lowest BCUT2D eigenvalue weighted by molar-refractivity contribution is -0.121. The van der Waals surface area contributed by atoms with Crippen molar-refractivity contribution < 1.29 is 14.3 Å². The van der Waals surface area contributed by atoms with Crippen molar-refractivity contribution in [2.24, 2.45) is 18.0 Å². The van der Waals surface area contributed by atoms with E-state index >= 15 is 0 Å². The van der Waals surface area contributed by atoms with Crippen LogP contribution in [-0.4, -0.2) is 17.3 Å². The zero-order chi connectivity index (χ0) is 14.4. The molecule has 5 nitrogen and oxygen atoms in total. The Morgan fingerprint density at radius 2 is 2.00 bits per heavy atom. The lowest BCUT2D eigenvalue weighted by Gasteiger charge is -2.01. The van der Waals surface area contributed by atoms with Crippen molar-refractivity contribution >= 4 is 27.5 Å². The quantitative estimate of drug-likeness (QED) is 0.813. The van der Waals surface area contributed by atoms with Gasteiger partial charge < -0.3 is 14.0 Å². The molecule has 1 aliphatic heterocycles. The summed E-state index contributed by atoms with van der Waals surface area (Å²) in [6.07, 6.45) is 4.25. The van der Waals surface area contributed by atoms with Gasteiger partial charge in [-0.15, -0.1) is 0 Å². The highest BCUT2D eigenvalue weighted by Crippen LogP contribution is 2.36. The summed E-state index contributed by atoms with van der Waals surface area (Å²) in [6.45, 7) is 0.272. The Morgan fingerprint density at radius 1 is 1.29 bits per heavy atom. The van der Waals surface area contributed by atoms with E-state index in [9.17, 15) is 4.79 Å². The average molecular weight is 304 g/mol. The van der Waals surface area contributed by atoms with E-state index in [-0.39, 0.29) is 18.6 Å². The Morgan fingerprint density at radius 3 is 2.76 bits per heavy atom. The first-order chi connectivity index (χ1) is 10.2. The maximum absolute atomic E-state index is 12.2. The highest BCUT2D eigenvalue weighted by atomic mass is 32.1. The van der Waals surface area contributed by atoms with Gasteiger partial charge in [0.15, 0.2) is 16.3 Å². The number of ether oxygens (including phenoxy) is 2. The topological polar surface area (TPSA) is 52.8 Å². The van der Waals surface area contributed by atoms with Gasteiger partial charge in [-0.1, -0.05) is 24.2 Å². The van der Waals surface area contributed by atoms with E-state index < -0.39 is 0 Å². The molecule has 0 N–H and O–H groups in total. The third-order valence-electron chi connectivity index (χ3n) is 4.21. The van der Waals surface area contributed by atoms with E-state index in [4.69, 9.17) is 9.47 Å². The minimum Gasteiger partial charge on any atom is -0.454 e. The van der Waals surface area contributed by atoms with Crippen LogP contribution in [0.2, 0.25) is 0 Å². The molecule has 1 aromatic heterocycles. The zero-order valence-corrected chi connectivity index (χ0v) is 12.6. The molecule has 1 aliphatic carbocycles. The fourth-order valence-electron chi connectivity index (χ4n) is 2.98. The number of aromatic nitrogens is 1. The molecule has 110 valence electrons. The lowest BCUT2D eigenvalue weighted by Crippen LogP contribution is -2.17. The zero-order valence-electron chi connectivity index (χ0n) is 11.8. The minimum atomic E-state index is 0.0229. The Labute approximate surface area is 125 Å². The van der Waals surface area contributed by atoms with Crippen LogP contribution in [0, 0.1) is 5.92 Å². The molecule has 2 heterocycles. The monoisotopic (exact) mass is 304 g/mol. The van der Waals surface area contributed by atoms with Crippen molar-refractivity contribution in [2.75, 3.05) is 6.79 Å². The molecule has 0 radical (unpaired) electrons. The van der Waals surface area contributed by atoms with Gasteiger partial charge in [-0.3, -0.25) is 4.79 Å². The van der Waals surface area contributed by atoms with Crippen LogP contribution >= 0.6 is 11.3 Å². The van der Waals surface area contributed by atoms with Gasteiger partial charge in [0.05, 0.1) is 10.2 Å². The fraction of sp³-hybridized carbons (Fsp3) is 0.467. The average Bonchev–Trinajstić information content (AvgIpc) is 3.19. The summed E-state index contributed by atoms with van der Waals surface area (Å²) in [7, 11) is 1.93. The predicted molar refractivity (Wildman–Crippen MR) is 79.4 cm³/mol. The molecule has 4 rings (SSSR count). The van der Waals surface area contributed by atoms with Gasteiger partial charge in [0.1, 0.15) is 0 Å². The second-order valence-electron chi connectivity index (χ2n) is 5.55. The van der Waals surface area contributed by atoms with E-state index in [1.165, 1.54) is 11.3 Å². The van der Waals surface area contributed by atoms with Crippen LogP contribution < -0.4 is 14.3 Å². The molecule has 6 heteroatoms. The number of aryl methyl sites for hydroxylation is 1. The van der Waals surface area contributed by atoms with Crippen LogP contribution in [0.25, 0.3) is 10.2 Å². The molecule has 0 bridgehead atoms. The highest BCUT2D eigenvalue weighted by molar-refractivity contribution is 7.16. The van der Waals surface area contributed by atoms with Crippen molar-refractivity contribution in [3.05, 3.63) is 16.9 Å². The highest BCUT2D eigenvalue weighted by Gasteiger charge is 2.23. The largest absolute Gasteiger partial charge is 0.454 e.